The van der Waals surface area contributed by atoms with E-state index in [0.717, 1.165) is 0 Å². The predicted octanol–water partition coefficient (Wildman–Crippen LogP) is 3.20. The number of piperidine rings is 1. The summed E-state index contributed by atoms with van der Waals surface area (Å²) < 4.78 is 26.4. The van der Waals surface area contributed by atoms with Crippen molar-refractivity contribution in [2.24, 2.45) is 0 Å². The predicted molar refractivity (Wildman–Crippen MR) is 92.1 cm³/mol. The van der Waals surface area contributed by atoms with Gasteiger partial charge in [0.05, 0.1) is 6.54 Å². The summed E-state index contributed by atoms with van der Waals surface area (Å²) in [5, 5.41) is 16.7. The van der Waals surface area contributed by atoms with Crippen LogP contribution in [0.15, 0.2) is 22.7 Å². The van der Waals surface area contributed by atoms with Gasteiger partial charge in [0.15, 0.2) is 0 Å². The van der Waals surface area contributed by atoms with E-state index in [1.807, 2.05) is 6.07 Å². The number of halogens is 1. The molecule has 0 bridgehead atoms. The van der Waals surface area contributed by atoms with Crippen LogP contribution in [0.1, 0.15) is 45.2 Å². The average Bonchev–Trinajstić information content (AvgIpc) is 3.11. The van der Waals surface area contributed by atoms with Crippen LogP contribution in [-0.2, 0) is 10.4 Å². The number of pyridine rings is 1. The fraction of sp³-hybridized carbons (Fsp3) is 0.500. The van der Waals surface area contributed by atoms with Crippen LogP contribution in [0.4, 0.5) is 9.18 Å². The van der Waals surface area contributed by atoms with Crippen LogP contribution >= 0.6 is 0 Å². The molecule has 1 fully saturated rings. The lowest BCUT2D eigenvalue weighted by Gasteiger charge is -2.36. The largest absolute Gasteiger partial charge is 0.444 e. The maximum Gasteiger partial charge on any atom is 0.410 e. The number of rotatable bonds is 2. The van der Waals surface area contributed by atoms with Crippen LogP contribution in [0.3, 0.4) is 0 Å². The first-order chi connectivity index (χ1) is 12.7. The molecule has 0 spiro atoms. The number of carbonyl (C=O) groups is 1. The lowest BCUT2D eigenvalue weighted by molar-refractivity contribution is -0.0144. The minimum atomic E-state index is -1.95. The van der Waals surface area contributed by atoms with Crippen molar-refractivity contribution in [3.05, 3.63) is 29.9 Å². The van der Waals surface area contributed by atoms with Gasteiger partial charge in [-0.3, -0.25) is 0 Å². The lowest BCUT2D eigenvalue weighted by atomic mass is 9.95. The normalized spacial score (nSPS) is 20.2. The van der Waals surface area contributed by atoms with E-state index in [0.29, 0.717) is 18.5 Å². The molecule has 3 heterocycles. The summed E-state index contributed by atoms with van der Waals surface area (Å²) in [6.07, 6.45) is 1.47. The molecule has 1 amide bonds. The highest BCUT2D eigenvalue weighted by Gasteiger charge is 2.44. The SMILES string of the molecule is CC(C)(C)OC(=O)N1CCC[C@](F)(c2nnc(-c3ccnc(C#N)c3)o2)C1. The van der Waals surface area contributed by atoms with Gasteiger partial charge in [0.25, 0.3) is 5.89 Å². The van der Waals surface area contributed by atoms with Crippen molar-refractivity contribution in [1.29, 1.82) is 5.26 Å². The van der Waals surface area contributed by atoms with Gasteiger partial charge in [-0.25, -0.2) is 14.2 Å². The highest BCUT2D eigenvalue weighted by Crippen LogP contribution is 2.36. The molecule has 3 rings (SSSR count). The molecule has 0 radical (unpaired) electrons. The van der Waals surface area contributed by atoms with E-state index in [2.05, 4.69) is 15.2 Å². The van der Waals surface area contributed by atoms with Gasteiger partial charge in [-0.2, -0.15) is 5.26 Å². The first kappa shape index (κ1) is 18.8. The number of amides is 1. The molecular weight excluding hydrogens is 353 g/mol. The number of likely N-dealkylation sites (tertiary alicyclic amines) is 1. The number of alkyl halides is 1. The molecular formula is C18H20FN5O3. The van der Waals surface area contributed by atoms with Gasteiger partial charge < -0.3 is 14.1 Å². The van der Waals surface area contributed by atoms with Gasteiger partial charge in [-0.15, -0.1) is 10.2 Å². The summed E-state index contributed by atoms with van der Waals surface area (Å²) in [6, 6.07) is 4.99. The Hall–Kier alpha value is -3.02. The molecule has 9 heteroatoms. The van der Waals surface area contributed by atoms with Crippen LogP contribution in [0.5, 0.6) is 0 Å². The third-order valence-electron chi connectivity index (χ3n) is 4.02. The standard InChI is InChI=1S/C18H20FN5O3/c1-17(2,3)27-16(25)24-8-4-6-18(19,11-24)15-23-22-14(26-15)12-5-7-21-13(9-12)10-20/h5,7,9H,4,6,8,11H2,1-3H3/t18-/m1/s1. The van der Waals surface area contributed by atoms with E-state index < -0.39 is 17.4 Å². The zero-order valence-corrected chi connectivity index (χ0v) is 15.4. The first-order valence-corrected chi connectivity index (χ1v) is 8.57. The average molecular weight is 373 g/mol. The molecule has 8 nitrogen and oxygen atoms in total. The Kier molecular flexibility index (Phi) is 4.83. The zero-order chi connectivity index (χ0) is 19.7. The van der Waals surface area contributed by atoms with Crippen molar-refractivity contribution in [1.82, 2.24) is 20.1 Å². The second-order valence-corrected chi connectivity index (χ2v) is 7.42. The summed E-state index contributed by atoms with van der Waals surface area (Å²) in [7, 11) is 0. The molecule has 1 aliphatic heterocycles. The third kappa shape index (κ3) is 4.22. The quantitative estimate of drug-likeness (QED) is 0.796. The van der Waals surface area contributed by atoms with Gasteiger partial charge in [-0.05, 0) is 45.7 Å². The van der Waals surface area contributed by atoms with Crippen LogP contribution in [0, 0.1) is 11.3 Å². The Morgan fingerprint density at radius 1 is 1.44 bits per heavy atom. The summed E-state index contributed by atoms with van der Waals surface area (Å²) >= 11 is 0. The second-order valence-electron chi connectivity index (χ2n) is 7.42. The molecule has 1 aliphatic rings. The van der Waals surface area contributed by atoms with Crippen LogP contribution in [-0.4, -0.2) is 44.9 Å². The summed E-state index contributed by atoms with van der Waals surface area (Å²) in [5.74, 6) is -0.101. The number of nitriles is 1. The van der Waals surface area contributed by atoms with Gasteiger partial charge in [0.2, 0.25) is 11.6 Å². The number of hydrogen-bond acceptors (Lipinski definition) is 7. The molecule has 27 heavy (non-hydrogen) atoms. The monoisotopic (exact) mass is 373 g/mol. The Balaban J connectivity index is 1.80. The number of ether oxygens (including phenoxy) is 1. The van der Waals surface area contributed by atoms with E-state index in [9.17, 15) is 4.79 Å². The van der Waals surface area contributed by atoms with Crippen molar-refractivity contribution in [3.8, 4) is 17.5 Å². The molecule has 142 valence electrons. The minimum Gasteiger partial charge on any atom is -0.444 e. The van der Waals surface area contributed by atoms with Crippen molar-refractivity contribution in [2.75, 3.05) is 13.1 Å². The molecule has 0 N–H and O–H groups in total. The number of nitrogens with zero attached hydrogens (tertiary/aromatic N) is 5. The summed E-state index contributed by atoms with van der Waals surface area (Å²) in [6.45, 7) is 5.45. The molecule has 2 aromatic rings. The summed E-state index contributed by atoms with van der Waals surface area (Å²) in [5.41, 5.74) is -1.95. The summed E-state index contributed by atoms with van der Waals surface area (Å²) in [4.78, 5) is 17.5. The molecule has 0 unspecified atom stereocenters. The van der Waals surface area contributed by atoms with Crippen LogP contribution in [0.25, 0.3) is 11.5 Å². The van der Waals surface area contributed by atoms with E-state index in [4.69, 9.17) is 14.4 Å². The Morgan fingerprint density at radius 2 is 2.22 bits per heavy atom. The molecule has 0 aliphatic carbocycles. The fourth-order valence-electron chi connectivity index (χ4n) is 2.81. The smallest absolute Gasteiger partial charge is 0.410 e. The van der Waals surface area contributed by atoms with E-state index >= 15 is 4.39 Å². The highest BCUT2D eigenvalue weighted by molar-refractivity contribution is 5.68. The molecule has 2 aromatic heterocycles. The third-order valence-corrected chi connectivity index (χ3v) is 4.02. The molecule has 1 saturated heterocycles. The zero-order valence-electron chi connectivity index (χ0n) is 15.4. The maximum absolute atomic E-state index is 15.5. The Bertz CT molecular complexity index is 886. The number of aromatic nitrogens is 3. The van der Waals surface area contributed by atoms with E-state index in [1.54, 1.807) is 26.8 Å². The van der Waals surface area contributed by atoms with Crippen molar-refractivity contribution in [2.45, 2.75) is 44.9 Å². The maximum atomic E-state index is 15.5. The first-order valence-electron chi connectivity index (χ1n) is 8.57. The fourth-order valence-corrected chi connectivity index (χ4v) is 2.81. The van der Waals surface area contributed by atoms with Crippen LogP contribution in [0.2, 0.25) is 0 Å². The molecule has 1 atom stereocenters. The van der Waals surface area contributed by atoms with Crippen molar-refractivity contribution >= 4 is 6.09 Å². The second kappa shape index (κ2) is 6.95. The number of carbonyl (C=O) groups excluding carboxylic acids is 1. The van der Waals surface area contributed by atoms with Crippen molar-refractivity contribution in [3.63, 3.8) is 0 Å². The Labute approximate surface area is 156 Å². The lowest BCUT2D eigenvalue weighted by Crippen LogP contribution is -2.48. The number of hydrogen-bond donors (Lipinski definition) is 0. The van der Waals surface area contributed by atoms with Gasteiger partial charge >= 0.3 is 6.09 Å². The van der Waals surface area contributed by atoms with E-state index in [-0.39, 0.29) is 30.4 Å². The Morgan fingerprint density at radius 3 is 2.93 bits per heavy atom. The van der Waals surface area contributed by atoms with Crippen LogP contribution < -0.4 is 0 Å². The minimum absolute atomic E-state index is 0.0929. The molecule has 0 aromatic carbocycles. The van der Waals surface area contributed by atoms with Gasteiger partial charge in [0, 0.05) is 18.3 Å². The van der Waals surface area contributed by atoms with Gasteiger partial charge in [-0.1, -0.05) is 0 Å². The molecule has 0 saturated carbocycles. The van der Waals surface area contributed by atoms with E-state index in [1.165, 1.54) is 17.2 Å². The topological polar surface area (TPSA) is 105 Å². The van der Waals surface area contributed by atoms with Gasteiger partial charge in [0.1, 0.15) is 17.4 Å². The van der Waals surface area contributed by atoms with Crippen molar-refractivity contribution < 1.29 is 18.3 Å². The highest BCUT2D eigenvalue weighted by atomic mass is 19.1.